The molecule has 0 heterocycles. The predicted octanol–water partition coefficient (Wildman–Crippen LogP) is 4.94. The van der Waals surface area contributed by atoms with E-state index in [9.17, 15) is 4.39 Å². The van der Waals surface area contributed by atoms with Gasteiger partial charge in [-0.25, -0.2) is 4.39 Å². The number of benzene rings is 2. The molecule has 0 bridgehead atoms. The third-order valence-corrected chi connectivity index (χ3v) is 3.42. The summed E-state index contributed by atoms with van der Waals surface area (Å²) in [6.45, 7) is 6.96. The van der Waals surface area contributed by atoms with Crippen LogP contribution in [0.2, 0.25) is 0 Å². The Hall–Kier alpha value is -1.83. The average Bonchev–Trinajstić information content (AvgIpc) is 2.41. The minimum absolute atomic E-state index is 0.165. The van der Waals surface area contributed by atoms with Crippen LogP contribution in [0, 0.1) is 18.7 Å². The molecule has 0 radical (unpaired) electrons. The van der Waals surface area contributed by atoms with Gasteiger partial charge in [-0.1, -0.05) is 44.2 Å². The van der Waals surface area contributed by atoms with Crippen LogP contribution in [-0.4, -0.2) is 0 Å². The Kier molecular flexibility index (Phi) is 4.78. The Bertz CT molecular complexity index is 558. The normalized spacial score (nSPS) is 10.8. The van der Waals surface area contributed by atoms with Crippen molar-refractivity contribution >= 4 is 5.69 Å². The minimum Gasteiger partial charge on any atom is -0.381 e. The first kappa shape index (κ1) is 14.6. The summed E-state index contributed by atoms with van der Waals surface area (Å²) in [5, 5.41) is 3.29. The van der Waals surface area contributed by atoms with E-state index in [0.717, 1.165) is 12.1 Å². The average molecular weight is 271 g/mol. The molecule has 2 aromatic rings. The first-order valence-electron chi connectivity index (χ1n) is 7.13. The summed E-state index contributed by atoms with van der Waals surface area (Å²) in [5.41, 5.74) is 4.10. The molecule has 1 N–H and O–H groups in total. The van der Waals surface area contributed by atoms with Gasteiger partial charge in [0, 0.05) is 17.8 Å². The number of nitrogens with one attached hydrogen (secondary N) is 1. The SMILES string of the molecule is Cc1c(F)cccc1NCc1ccc(CC(C)C)cc1. The largest absolute Gasteiger partial charge is 0.381 e. The van der Waals surface area contributed by atoms with E-state index < -0.39 is 0 Å². The Balaban J connectivity index is 1.99. The predicted molar refractivity (Wildman–Crippen MR) is 83.4 cm³/mol. The topological polar surface area (TPSA) is 12.0 Å². The van der Waals surface area contributed by atoms with Gasteiger partial charge in [-0.2, -0.15) is 0 Å². The van der Waals surface area contributed by atoms with E-state index in [2.05, 4.69) is 43.4 Å². The van der Waals surface area contributed by atoms with Crippen LogP contribution in [0.5, 0.6) is 0 Å². The molecule has 0 aliphatic rings. The van der Waals surface area contributed by atoms with Crippen molar-refractivity contribution in [3.8, 4) is 0 Å². The standard InChI is InChI=1S/C18H22FN/c1-13(2)11-15-7-9-16(10-8-15)12-20-18-6-4-5-17(19)14(18)3/h4-10,13,20H,11-12H2,1-3H3. The summed E-state index contributed by atoms with van der Waals surface area (Å²) < 4.78 is 13.4. The summed E-state index contributed by atoms with van der Waals surface area (Å²) in [6, 6.07) is 13.8. The summed E-state index contributed by atoms with van der Waals surface area (Å²) in [5.74, 6) is 0.510. The molecule has 0 amide bonds. The van der Waals surface area contributed by atoms with Crippen molar-refractivity contribution in [2.24, 2.45) is 5.92 Å². The number of rotatable bonds is 5. The minimum atomic E-state index is -0.165. The summed E-state index contributed by atoms with van der Waals surface area (Å²) in [4.78, 5) is 0. The molecule has 0 atom stereocenters. The second kappa shape index (κ2) is 6.56. The van der Waals surface area contributed by atoms with E-state index in [4.69, 9.17) is 0 Å². The van der Waals surface area contributed by atoms with Gasteiger partial charge in [0.1, 0.15) is 5.82 Å². The lowest BCUT2D eigenvalue weighted by molar-refractivity contribution is 0.619. The van der Waals surface area contributed by atoms with Crippen molar-refractivity contribution in [1.29, 1.82) is 0 Å². The first-order valence-corrected chi connectivity index (χ1v) is 7.13. The molecule has 2 rings (SSSR count). The lowest BCUT2D eigenvalue weighted by atomic mass is 10.0. The van der Waals surface area contributed by atoms with E-state index in [0.29, 0.717) is 18.0 Å². The zero-order valence-electron chi connectivity index (χ0n) is 12.4. The third-order valence-electron chi connectivity index (χ3n) is 3.42. The molecule has 0 saturated carbocycles. The highest BCUT2D eigenvalue weighted by Gasteiger charge is 2.03. The molecule has 0 fully saturated rings. The highest BCUT2D eigenvalue weighted by molar-refractivity contribution is 5.51. The molecule has 106 valence electrons. The molecular formula is C18H22FN. The van der Waals surface area contributed by atoms with Crippen LogP contribution < -0.4 is 5.32 Å². The lowest BCUT2D eigenvalue weighted by Crippen LogP contribution is -2.02. The maximum Gasteiger partial charge on any atom is 0.128 e. The molecule has 0 saturated heterocycles. The molecule has 2 aromatic carbocycles. The van der Waals surface area contributed by atoms with Gasteiger partial charge in [-0.05, 0) is 42.5 Å². The fourth-order valence-electron chi connectivity index (χ4n) is 2.26. The Morgan fingerprint density at radius 1 is 1.00 bits per heavy atom. The van der Waals surface area contributed by atoms with Crippen LogP contribution in [0.3, 0.4) is 0 Å². The van der Waals surface area contributed by atoms with E-state index >= 15 is 0 Å². The Labute approximate surface area is 120 Å². The van der Waals surface area contributed by atoms with E-state index in [1.165, 1.54) is 17.2 Å². The van der Waals surface area contributed by atoms with Crippen LogP contribution >= 0.6 is 0 Å². The van der Waals surface area contributed by atoms with Crippen LogP contribution in [0.15, 0.2) is 42.5 Å². The van der Waals surface area contributed by atoms with Crippen molar-refractivity contribution in [3.05, 3.63) is 65.0 Å². The molecule has 0 aromatic heterocycles. The van der Waals surface area contributed by atoms with Gasteiger partial charge in [0.05, 0.1) is 0 Å². The second-order valence-corrected chi connectivity index (χ2v) is 5.68. The maximum absolute atomic E-state index is 13.4. The Morgan fingerprint density at radius 2 is 1.65 bits per heavy atom. The molecular weight excluding hydrogens is 249 g/mol. The van der Waals surface area contributed by atoms with Crippen molar-refractivity contribution in [1.82, 2.24) is 0 Å². The fourth-order valence-corrected chi connectivity index (χ4v) is 2.26. The van der Waals surface area contributed by atoms with E-state index in [-0.39, 0.29) is 5.82 Å². The van der Waals surface area contributed by atoms with Crippen molar-refractivity contribution in [2.45, 2.75) is 33.7 Å². The summed E-state index contributed by atoms with van der Waals surface area (Å²) in [7, 11) is 0. The van der Waals surface area contributed by atoms with Crippen molar-refractivity contribution < 1.29 is 4.39 Å². The molecule has 0 aliphatic heterocycles. The van der Waals surface area contributed by atoms with Crippen LogP contribution in [0.25, 0.3) is 0 Å². The Morgan fingerprint density at radius 3 is 2.30 bits per heavy atom. The zero-order chi connectivity index (χ0) is 14.5. The number of hydrogen-bond donors (Lipinski definition) is 1. The van der Waals surface area contributed by atoms with Gasteiger partial charge in [0.25, 0.3) is 0 Å². The van der Waals surface area contributed by atoms with Crippen LogP contribution in [0.1, 0.15) is 30.5 Å². The quantitative estimate of drug-likeness (QED) is 0.811. The molecule has 0 spiro atoms. The lowest BCUT2D eigenvalue weighted by Gasteiger charge is -2.11. The first-order chi connectivity index (χ1) is 9.56. The van der Waals surface area contributed by atoms with Gasteiger partial charge in [0.15, 0.2) is 0 Å². The third kappa shape index (κ3) is 3.83. The fraction of sp³-hybridized carbons (Fsp3) is 0.333. The highest BCUT2D eigenvalue weighted by atomic mass is 19.1. The van der Waals surface area contributed by atoms with Crippen molar-refractivity contribution in [3.63, 3.8) is 0 Å². The van der Waals surface area contributed by atoms with Crippen LogP contribution in [0.4, 0.5) is 10.1 Å². The molecule has 1 nitrogen and oxygen atoms in total. The van der Waals surface area contributed by atoms with Gasteiger partial charge in [-0.3, -0.25) is 0 Å². The van der Waals surface area contributed by atoms with E-state index in [1.54, 1.807) is 13.0 Å². The molecule has 20 heavy (non-hydrogen) atoms. The highest BCUT2D eigenvalue weighted by Crippen LogP contribution is 2.18. The van der Waals surface area contributed by atoms with Gasteiger partial charge in [-0.15, -0.1) is 0 Å². The molecule has 2 heteroatoms. The number of halogens is 1. The zero-order valence-corrected chi connectivity index (χ0v) is 12.4. The monoisotopic (exact) mass is 271 g/mol. The van der Waals surface area contributed by atoms with Crippen molar-refractivity contribution in [2.75, 3.05) is 5.32 Å². The summed E-state index contributed by atoms with van der Waals surface area (Å²) in [6.07, 6.45) is 1.11. The smallest absolute Gasteiger partial charge is 0.128 e. The molecule has 0 aliphatic carbocycles. The van der Waals surface area contributed by atoms with Gasteiger partial charge < -0.3 is 5.32 Å². The maximum atomic E-state index is 13.4. The van der Waals surface area contributed by atoms with Gasteiger partial charge in [0.2, 0.25) is 0 Å². The van der Waals surface area contributed by atoms with E-state index in [1.807, 2.05) is 6.07 Å². The second-order valence-electron chi connectivity index (χ2n) is 5.68. The van der Waals surface area contributed by atoms with Gasteiger partial charge >= 0.3 is 0 Å². The number of hydrogen-bond acceptors (Lipinski definition) is 1. The summed E-state index contributed by atoms with van der Waals surface area (Å²) >= 11 is 0. The molecule has 0 unspecified atom stereocenters. The van der Waals surface area contributed by atoms with Crippen LogP contribution in [-0.2, 0) is 13.0 Å². The number of anilines is 1.